The van der Waals surface area contributed by atoms with Gasteiger partial charge >= 0.3 is 0 Å². The highest BCUT2D eigenvalue weighted by atomic mass is 16.5. The average molecular weight is 246 g/mol. The molecule has 1 heteroatoms. The van der Waals surface area contributed by atoms with Crippen LogP contribution in [0.25, 0.3) is 0 Å². The van der Waals surface area contributed by atoms with Gasteiger partial charge in [0.25, 0.3) is 0 Å². The van der Waals surface area contributed by atoms with Gasteiger partial charge in [-0.3, -0.25) is 0 Å². The Labute approximate surface area is 112 Å². The molecular weight excluding hydrogens is 220 g/mol. The smallest absolute Gasteiger partial charge is 0.0724 e. The maximum absolute atomic E-state index is 6.27. The molecule has 1 rings (SSSR count). The number of ether oxygens (including phenoxy) is 1. The van der Waals surface area contributed by atoms with E-state index in [1.807, 2.05) is 12.1 Å². The van der Waals surface area contributed by atoms with Gasteiger partial charge < -0.3 is 4.74 Å². The molecule has 18 heavy (non-hydrogen) atoms. The maximum Gasteiger partial charge on any atom is 0.0724 e. The first-order valence-corrected chi connectivity index (χ1v) is 7.05. The van der Waals surface area contributed by atoms with Crippen molar-refractivity contribution in [2.45, 2.75) is 58.2 Å². The van der Waals surface area contributed by atoms with E-state index in [-0.39, 0.29) is 5.60 Å². The quantitative estimate of drug-likeness (QED) is 0.550. The van der Waals surface area contributed by atoms with Crippen LogP contribution in [-0.2, 0) is 11.3 Å². The van der Waals surface area contributed by atoms with Gasteiger partial charge in [0.15, 0.2) is 0 Å². The van der Waals surface area contributed by atoms with Gasteiger partial charge in [0, 0.05) is 0 Å². The number of benzene rings is 1. The van der Waals surface area contributed by atoms with Gasteiger partial charge in [-0.15, -0.1) is 6.58 Å². The summed E-state index contributed by atoms with van der Waals surface area (Å²) in [6.07, 6.45) is 7.47. The summed E-state index contributed by atoms with van der Waals surface area (Å²) in [5.41, 5.74) is 1.24. The van der Waals surface area contributed by atoms with Crippen molar-refractivity contribution >= 4 is 0 Å². The molecular formula is C17H26O. The van der Waals surface area contributed by atoms with Crippen molar-refractivity contribution in [1.82, 2.24) is 0 Å². The Kier molecular flexibility index (Phi) is 6.74. The monoisotopic (exact) mass is 246 g/mol. The highest BCUT2D eigenvalue weighted by molar-refractivity contribution is 5.13. The van der Waals surface area contributed by atoms with Gasteiger partial charge in [0.2, 0.25) is 0 Å². The number of rotatable bonds is 9. The molecule has 0 heterocycles. The van der Waals surface area contributed by atoms with E-state index in [2.05, 4.69) is 44.7 Å². The summed E-state index contributed by atoms with van der Waals surface area (Å²) in [4.78, 5) is 0. The Hall–Kier alpha value is -1.08. The molecule has 1 nitrogen and oxygen atoms in total. The standard InChI is InChI=1S/C17H26O/c1-4-12-17(13-5-2,14-6-3)18-15-16-10-8-7-9-11-16/h4,7-11H,1,5-6,12-15H2,2-3H3. The molecule has 0 saturated carbocycles. The van der Waals surface area contributed by atoms with E-state index in [4.69, 9.17) is 4.74 Å². The molecule has 0 spiro atoms. The zero-order chi connectivity index (χ0) is 13.3. The van der Waals surface area contributed by atoms with Crippen LogP contribution in [0.2, 0.25) is 0 Å². The number of hydrogen-bond donors (Lipinski definition) is 0. The number of hydrogen-bond acceptors (Lipinski definition) is 1. The summed E-state index contributed by atoms with van der Waals surface area (Å²) < 4.78 is 6.27. The second-order valence-corrected chi connectivity index (χ2v) is 4.95. The van der Waals surface area contributed by atoms with E-state index in [1.54, 1.807) is 0 Å². The molecule has 0 bridgehead atoms. The van der Waals surface area contributed by atoms with Gasteiger partial charge in [0.1, 0.15) is 0 Å². The van der Waals surface area contributed by atoms with Crippen molar-refractivity contribution in [3.63, 3.8) is 0 Å². The van der Waals surface area contributed by atoms with Crippen molar-refractivity contribution < 1.29 is 4.74 Å². The zero-order valence-corrected chi connectivity index (χ0v) is 11.8. The molecule has 0 radical (unpaired) electrons. The SMILES string of the molecule is C=CCC(CCC)(CCC)OCc1ccccc1. The first kappa shape index (κ1) is 15.0. The highest BCUT2D eigenvalue weighted by Gasteiger charge is 2.27. The first-order chi connectivity index (χ1) is 8.76. The topological polar surface area (TPSA) is 9.23 Å². The second-order valence-electron chi connectivity index (χ2n) is 4.95. The molecule has 0 saturated heterocycles. The van der Waals surface area contributed by atoms with Crippen LogP contribution in [0.15, 0.2) is 43.0 Å². The molecule has 0 N–H and O–H groups in total. The summed E-state index contributed by atoms with van der Waals surface area (Å²) in [5, 5.41) is 0. The largest absolute Gasteiger partial charge is 0.370 e. The van der Waals surface area contributed by atoms with Crippen LogP contribution in [-0.4, -0.2) is 5.60 Å². The van der Waals surface area contributed by atoms with Crippen LogP contribution in [0.1, 0.15) is 51.5 Å². The van der Waals surface area contributed by atoms with Crippen LogP contribution in [0.3, 0.4) is 0 Å². The van der Waals surface area contributed by atoms with Crippen LogP contribution >= 0.6 is 0 Å². The molecule has 0 aliphatic carbocycles. The predicted octanol–water partition coefficient (Wildman–Crippen LogP) is 5.12. The van der Waals surface area contributed by atoms with Crippen molar-refractivity contribution in [3.05, 3.63) is 48.6 Å². The van der Waals surface area contributed by atoms with Crippen LogP contribution < -0.4 is 0 Å². The van der Waals surface area contributed by atoms with E-state index >= 15 is 0 Å². The highest BCUT2D eigenvalue weighted by Crippen LogP contribution is 2.29. The third kappa shape index (κ3) is 4.66. The lowest BCUT2D eigenvalue weighted by Crippen LogP contribution is -2.31. The Balaban J connectivity index is 2.67. The minimum Gasteiger partial charge on any atom is -0.370 e. The van der Waals surface area contributed by atoms with Crippen molar-refractivity contribution in [3.8, 4) is 0 Å². The minimum absolute atomic E-state index is 0.0128. The molecule has 0 atom stereocenters. The van der Waals surface area contributed by atoms with Crippen LogP contribution in [0, 0.1) is 0 Å². The summed E-state index contributed by atoms with van der Waals surface area (Å²) in [5.74, 6) is 0. The molecule has 1 aromatic rings. The fraction of sp³-hybridized carbons (Fsp3) is 0.529. The van der Waals surface area contributed by atoms with Crippen molar-refractivity contribution in [1.29, 1.82) is 0 Å². The van der Waals surface area contributed by atoms with E-state index in [0.717, 1.165) is 32.1 Å². The molecule has 100 valence electrons. The van der Waals surface area contributed by atoms with Gasteiger partial charge in [-0.25, -0.2) is 0 Å². The van der Waals surface area contributed by atoms with Crippen molar-refractivity contribution in [2.75, 3.05) is 0 Å². The van der Waals surface area contributed by atoms with Crippen LogP contribution in [0.5, 0.6) is 0 Å². The Bertz CT molecular complexity index is 323. The molecule has 1 aromatic carbocycles. The van der Waals surface area contributed by atoms with Gasteiger partial charge in [0.05, 0.1) is 12.2 Å². The summed E-state index contributed by atoms with van der Waals surface area (Å²) in [6.45, 7) is 9.03. The lowest BCUT2D eigenvalue weighted by Gasteiger charge is -2.33. The fourth-order valence-corrected chi connectivity index (χ4v) is 2.52. The third-order valence-electron chi connectivity index (χ3n) is 3.32. The van der Waals surface area contributed by atoms with E-state index in [9.17, 15) is 0 Å². The van der Waals surface area contributed by atoms with E-state index in [1.165, 1.54) is 5.56 Å². The van der Waals surface area contributed by atoms with Gasteiger partial charge in [-0.1, -0.05) is 63.1 Å². The fourth-order valence-electron chi connectivity index (χ4n) is 2.52. The first-order valence-electron chi connectivity index (χ1n) is 7.05. The predicted molar refractivity (Wildman–Crippen MR) is 78.6 cm³/mol. The molecule has 0 fully saturated rings. The molecule has 0 amide bonds. The zero-order valence-electron chi connectivity index (χ0n) is 11.8. The second kappa shape index (κ2) is 8.10. The average Bonchev–Trinajstić information content (AvgIpc) is 2.39. The normalized spacial score (nSPS) is 11.4. The van der Waals surface area contributed by atoms with Gasteiger partial charge in [-0.2, -0.15) is 0 Å². The summed E-state index contributed by atoms with van der Waals surface area (Å²) >= 11 is 0. The Morgan fingerprint density at radius 3 is 2.22 bits per heavy atom. The third-order valence-corrected chi connectivity index (χ3v) is 3.32. The summed E-state index contributed by atoms with van der Waals surface area (Å²) in [6, 6.07) is 10.4. The molecule has 0 aromatic heterocycles. The van der Waals surface area contributed by atoms with E-state index in [0.29, 0.717) is 6.61 Å². The summed E-state index contributed by atoms with van der Waals surface area (Å²) in [7, 11) is 0. The van der Waals surface area contributed by atoms with E-state index < -0.39 is 0 Å². The maximum atomic E-state index is 6.27. The molecule has 0 aliphatic rings. The Morgan fingerprint density at radius 1 is 1.11 bits per heavy atom. The van der Waals surface area contributed by atoms with Crippen molar-refractivity contribution in [2.24, 2.45) is 0 Å². The lowest BCUT2D eigenvalue weighted by molar-refractivity contribution is -0.0672. The van der Waals surface area contributed by atoms with Crippen LogP contribution in [0.4, 0.5) is 0 Å². The Morgan fingerprint density at radius 2 is 1.72 bits per heavy atom. The molecule has 0 aliphatic heterocycles. The lowest BCUT2D eigenvalue weighted by atomic mass is 9.89. The molecule has 0 unspecified atom stereocenters. The van der Waals surface area contributed by atoms with Gasteiger partial charge in [-0.05, 0) is 24.8 Å². The minimum atomic E-state index is -0.0128.